The topological polar surface area (TPSA) is 67.4 Å². The second-order valence-corrected chi connectivity index (χ2v) is 6.43. The van der Waals surface area contributed by atoms with E-state index in [9.17, 15) is 13.6 Å². The highest BCUT2D eigenvalue weighted by Gasteiger charge is 2.26. The SMILES string of the molecule is Cl.Cl.NC(Cc1ccccc1)C(=O)N1CCN(Cc2nccn2C(F)F)CC1. The van der Waals surface area contributed by atoms with E-state index in [1.165, 1.54) is 12.4 Å². The van der Waals surface area contributed by atoms with E-state index in [4.69, 9.17) is 5.73 Å². The molecule has 1 aromatic heterocycles. The van der Waals surface area contributed by atoms with Crippen LogP contribution in [0.2, 0.25) is 0 Å². The summed E-state index contributed by atoms with van der Waals surface area (Å²) in [5.41, 5.74) is 7.11. The molecular formula is C18H25Cl2F2N5O. The molecule has 156 valence electrons. The molecule has 1 amide bonds. The van der Waals surface area contributed by atoms with Gasteiger partial charge < -0.3 is 10.6 Å². The highest BCUT2D eigenvalue weighted by Crippen LogP contribution is 2.15. The Kier molecular flexibility index (Phi) is 9.81. The molecule has 6 nitrogen and oxygen atoms in total. The average Bonchev–Trinajstić information content (AvgIpc) is 3.11. The van der Waals surface area contributed by atoms with E-state index in [1.807, 2.05) is 35.2 Å². The highest BCUT2D eigenvalue weighted by atomic mass is 35.5. The number of piperazine rings is 1. The monoisotopic (exact) mass is 435 g/mol. The predicted molar refractivity (Wildman–Crippen MR) is 108 cm³/mol. The lowest BCUT2D eigenvalue weighted by molar-refractivity contribution is -0.134. The normalized spacial score (nSPS) is 15.6. The number of hydrogen-bond donors (Lipinski definition) is 1. The van der Waals surface area contributed by atoms with Crippen LogP contribution in [0.15, 0.2) is 42.7 Å². The third-order valence-corrected chi connectivity index (χ3v) is 4.62. The van der Waals surface area contributed by atoms with Gasteiger partial charge in [-0.05, 0) is 12.0 Å². The Hall–Kier alpha value is -1.74. The zero-order valence-corrected chi connectivity index (χ0v) is 16.9. The van der Waals surface area contributed by atoms with Gasteiger partial charge in [-0.15, -0.1) is 24.8 Å². The first-order chi connectivity index (χ1) is 12.5. The predicted octanol–water partition coefficient (Wildman–Crippen LogP) is 2.34. The maximum absolute atomic E-state index is 12.9. The van der Waals surface area contributed by atoms with E-state index in [0.29, 0.717) is 45.0 Å². The number of nitrogens with zero attached hydrogens (tertiary/aromatic N) is 4. The Morgan fingerprint density at radius 1 is 1.11 bits per heavy atom. The summed E-state index contributed by atoms with van der Waals surface area (Å²) >= 11 is 0. The summed E-state index contributed by atoms with van der Waals surface area (Å²) in [5, 5.41) is 0. The fourth-order valence-corrected chi connectivity index (χ4v) is 3.16. The van der Waals surface area contributed by atoms with Crippen molar-refractivity contribution in [1.82, 2.24) is 19.4 Å². The number of nitrogens with two attached hydrogens (primary N) is 1. The van der Waals surface area contributed by atoms with Gasteiger partial charge in [0.2, 0.25) is 5.91 Å². The molecule has 1 saturated heterocycles. The quantitative estimate of drug-likeness (QED) is 0.755. The van der Waals surface area contributed by atoms with Crippen LogP contribution >= 0.6 is 24.8 Å². The van der Waals surface area contributed by atoms with Crippen molar-refractivity contribution in [3.63, 3.8) is 0 Å². The van der Waals surface area contributed by atoms with Gasteiger partial charge >= 0.3 is 6.55 Å². The minimum Gasteiger partial charge on any atom is -0.339 e. The van der Waals surface area contributed by atoms with E-state index < -0.39 is 12.6 Å². The first-order valence-electron chi connectivity index (χ1n) is 8.65. The van der Waals surface area contributed by atoms with Gasteiger partial charge in [0.25, 0.3) is 0 Å². The van der Waals surface area contributed by atoms with E-state index in [0.717, 1.165) is 10.1 Å². The standard InChI is InChI=1S/C18H23F2N5O.2ClH/c19-18(20)25-7-6-22-16(25)13-23-8-10-24(11-9-23)17(26)15(21)12-14-4-2-1-3-5-14;;/h1-7,15,18H,8-13,21H2;2*1H. The molecule has 1 aliphatic rings. The molecule has 1 unspecified atom stereocenters. The van der Waals surface area contributed by atoms with Crippen molar-refractivity contribution >= 4 is 30.7 Å². The molecule has 2 N–H and O–H groups in total. The summed E-state index contributed by atoms with van der Waals surface area (Å²) in [6, 6.07) is 9.12. The van der Waals surface area contributed by atoms with Crippen molar-refractivity contribution in [2.75, 3.05) is 26.2 Å². The van der Waals surface area contributed by atoms with Crippen LogP contribution in [0, 0.1) is 0 Å². The summed E-state index contributed by atoms with van der Waals surface area (Å²) in [6.07, 6.45) is 3.16. The molecular weight excluding hydrogens is 411 g/mol. The van der Waals surface area contributed by atoms with Crippen LogP contribution in [-0.2, 0) is 17.8 Å². The fraction of sp³-hybridized carbons (Fsp3) is 0.444. The molecule has 28 heavy (non-hydrogen) atoms. The number of alkyl halides is 2. The Balaban J connectivity index is 0.00000196. The number of rotatable bonds is 6. The Morgan fingerprint density at radius 3 is 2.36 bits per heavy atom. The number of halogens is 4. The number of aromatic nitrogens is 2. The number of hydrogen-bond acceptors (Lipinski definition) is 4. The summed E-state index contributed by atoms with van der Waals surface area (Å²) in [5.74, 6) is 0.267. The van der Waals surface area contributed by atoms with Crippen LogP contribution in [0.1, 0.15) is 17.9 Å². The summed E-state index contributed by atoms with van der Waals surface area (Å²) in [7, 11) is 0. The van der Waals surface area contributed by atoms with E-state index in [-0.39, 0.29) is 30.7 Å². The second-order valence-electron chi connectivity index (χ2n) is 6.43. The van der Waals surface area contributed by atoms with Gasteiger partial charge in [-0.2, -0.15) is 8.78 Å². The number of carbonyl (C=O) groups excluding carboxylic acids is 1. The van der Waals surface area contributed by atoms with Gasteiger partial charge in [0.15, 0.2) is 0 Å². The molecule has 1 aliphatic heterocycles. The van der Waals surface area contributed by atoms with Crippen LogP contribution in [0.4, 0.5) is 8.78 Å². The lowest BCUT2D eigenvalue weighted by Crippen LogP contribution is -2.53. The zero-order valence-electron chi connectivity index (χ0n) is 15.3. The molecule has 0 bridgehead atoms. The molecule has 2 aromatic rings. The van der Waals surface area contributed by atoms with Crippen molar-refractivity contribution in [1.29, 1.82) is 0 Å². The van der Waals surface area contributed by atoms with Gasteiger partial charge in [-0.1, -0.05) is 30.3 Å². The maximum Gasteiger partial charge on any atom is 0.319 e. The molecule has 1 aromatic carbocycles. The molecule has 1 atom stereocenters. The van der Waals surface area contributed by atoms with Gasteiger partial charge in [-0.25, -0.2) is 4.98 Å². The number of carbonyl (C=O) groups is 1. The van der Waals surface area contributed by atoms with Gasteiger partial charge in [0, 0.05) is 38.6 Å². The number of benzene rings is 1. The lowest BCUT2D eigenvalue weighted by Gasteiger charge is -2.35. The summed E-state index contributed by atoms with van der Waals surface area (Å²) in [6.45, 7) is 0.0502. The number of amides is 1. The van der Waals surface area contributed by atoms with Gasteiger partial charge in [-0.3, -0.25) is 14.3 Å². The van der Waals surface area contributed by atoms with Crippen LogP contribution < -0.4 is 5.73 Å². The average molecular weight is 436 g/mol. The van der Waals surface area contributed by atoms with Crippen LogP contribution in [0.5, 0.6) is 0 Å². The molecule has 0 aliphatic carbocycles. The van der Waals surface area contributed by atoms with E-state index in [2.05, 4.69) is 4.98 Å². The summed E-state index contributed by atoms with van der Waals surface area (Å²) < 4.78 is 26.6. The molecule has 0 radical (unpaired) electrons. The van der Waals surface area contributed by atoms with Crippen molar-refractivity contribution in [3.05, 3.63) is 54.1 Å². The zero-order chi connectivity index (χ0) is 18.5. The molecule has 10 heteroatoms. The summed E-state index contributed by atoms with van der Waals surface area (Å²) in [4.78, 5) is 20.3. The fourth-order valence-electron chi connectivity index (χ4n) is 3.16. The van der Waals surface area contributed by atoms with E-state index in [1.54, 1.807) is 4.90 Å². The third-order valence-electron chi connectivity index (χ3n) is 4.62. The molecule has 0 saturated carbocycles. The minimum absolute atomic E-state index is 0. The first kappa shape index (κ1) is 24.3. The Labute approximate surface area is 175 Å². The van der Waals surface area contributed by atoms with Gasteiger partial charge in [0.1, 0.15) is 5.82 Å². The van der Waals surface area contributed by atoms with Crippen LogP contribution in [-0.4, -0.2) is 57.5 Å². The van der Waals surface area contributed by atoms with Crippen LogP contribution in [0.3, 0.4) is 0 Å². The van der Waals surface area contributed by atoms with Gasteiger partial charge in [0.05, 0.1) is 12.6 Å². The van der Waals surface area contributed by atoms with Crippen molar-refractivity contribution in [3.8, 4) is 0 Å². The van der Waals surface area contributed by atoms with Crippen LogP contribution in [0.25, 0.3) is 0 Å². The minimum atomic E-state index is -2.59. The Bertz CT molecular complexity index is 724. The maximum atomic E-state index is 12.9. The molecule has 0 spiro atoms. The molecule has 1 fully saturated rings. The Morgan fingerprint density at radius 2 is 1.75 bits per heavy atom. The molecule has 3 rings (SSSR count). The van der Waals surface area contributed by atoms with Crippen molar-refractivity contribution in [2.24, 2.45) is 5.73 Å². The smallest absolute Gasteiger partial charge is 0.319 e. The lowest BCUT2D eigenvalue weighted by atomic mass is 10.1. The first-order valence-corrected chi connectivity index (χ1v) is 8.65. The third kappa shape index (κ3) is 6.13. The van der Waals surface area contributed by atoms with Crippen molar-refractivity contribution in [2.45, 2.75) is 25.6 Å². The largest absolute Gasteiger partial charge is 0.339 e. The second kappa shape index (κ2) is 11.3. The molecule has 2 heterocycles. The van der Waals surface area contributed by atoms with E-state index >= 15 is 0 Å². The number of imidazole rings is 1. The highest BCUT2D eigenvalue weighted by molar-refractivity contribution is 5.85. The van der Waals surface area contributed by atoms with Crippen molar-refractivity contribution < 1.29 is 13.6 Å².